The van der Waals surface area contributed by atoms with Crippen LogP contribution in [0.15, 0.2) is 52.1 Å². The number of ether oxygens (including phenoxy) is 2. The van der Waals surface area contributed by atoms with E-state index in [0.29, 0.717) is 22.3 Å². The molecule has 7 nitrogen and oxygen atoms in total. The Labute approximate surface area is 195 Å². The first kappa shape index (κ1) is 22.2. The number of nitrogens with zero attached hydrogens (tertiary/aromatic N) is 4. The van der Waals surface area contributed by atoms with Crippen LogP contribution in [0.3, 0.4) is 0 Å². The van der Waals surface area contributed by atoms with Crippen molar-refractivity contribution in [3.05, 3.63) is 75.9 Å². The normalized spacial score (nSPS) is 11.0. The first-order valence-electron chi connectivity index (χ1n) is 9.98. The van der Waals surface area contributed by atoms with Gasteiger partial charge in [-0.25, -0.2) is 0 Å². The number of methoxy groups -OCH3 is 1. The van der Waals surface area contributed by atoms with Gasteiger partial charge in [0.15, 0.2) is 11.0 Å². The predicted molar refractivity (Wildman–Crippen MR) is 124 cm³/mol. The maximum Gasteiger partial charge on any atom is 0.196 e. The standard InChI is InChI=1S/C23H23ClN4O3S/c1-14-5-6-17(11-21(14)24)28-22(12-30-19-9-7-18(29-4)8-10-19)25-26-23(28)32-13-20-15(2)27-31-16(20)3/h5-11H,12-13H2,1-4H3. The Morgan fingerprint density at radius 1 is 1.03 bits per heavy atom. The zero-order chi connectivity index (χ0) is 22.7. The maximum absolute atomic E-state index is 6.41. The molecule has 4 rings (SSSR count). The average Bonchev–Trinajstić information content (AvgIpc) is 3.35. The fraction of sp³-hybridized carbons (Fsp3) is 0.261. The lowest BCUT2D eigenvalue weighted by Crippen LogP contribution is -2.07. The predicted octanol–water partition coefficient (Wildman–Crippen LogP) is 5.71. The van der Waals surface area contributed by atoms with Crippen molar-refractivity contribution in [2.75, 3.05) is 7.11 Å². The fourth-order valence-electron chi connectivity index (χ4n) is 3.13. The van der Waals surface area contributed by atoms with Crippen molar-refractivity contribution >= 4 is 23.4 Å². The van der Waals surface area contributed by atoms with Gasteiger partial charge >= 0.3 is 0 Å². The number of aryl methyl sites for hydroxylation is 3. The summed E-state index contributed by atoms with van der Waals surface area (Å²) in [5.41, 5.74) is 3.81. The molecule has 0 unspecified atom stereocenters. The van der Waals surface area contributed by atoms with E-state index in [1.165, 1.54) is 0 Å². The molecule has 0 radical (unpaired) electrons. The van der Waals surface area contributed by atoms with Crippen LogP contribution in [0, 0.1) is 20.8 Å². The number of rotatable bonds is 8. The Kier molecular flexibility index (Phi) is 6.72. The van der Waals surface area contributed by atoms with Crippen LogP contribution in [0.4, 0.5) is 0 Å². The van der Waals surface area contributed by atoms with Crippen LogP contribution in [0.25, 0.3) is 5.69 Å². The molecule has 2 heterocycles. The minimum Gasteiger partial charge on any atom is -0.497 e. The lowest BCUT2D eigenvalue weighted by atomic mass is 10.2. The third-order valence-corrected chi connectivity index (χ3v) is 6.43. The lowest BCUT2D eigenvalue weighted by Gasteiger charge is -2.12. The number of benzene rings is 2. The Balaban J connectivity index is 1.62. The van der Waals surface area contributed by atoms with Crippen LogP contribution in [-0.2, 0) is 12.4 Å². The first-order valence-corrected chi connectivity index (χ1v) is 11.3. The van der Waals surface area contributed by atoms with Gasteiger partial charge in [0.05, 0.1) is 18.5 Å². The van der Waals surface area contributed by atoms with E-state index in [0.717, 1.165) is 39.2 Å². The number of hydrogen-bond donors (Lipinski definition) is 0. The third-order valence-electron chi connectivity index (χ3n) is 5.07. The van der Waals surface area contributed by atoms with Gasteiger partial charge in [-0.05, 0) is 62.7 Å². The van der Waals surface area contributed by atoms with E-state index in [-0.39, 0.29) is 6.61 Å². The number of thioether (sulfide) groups is 1. The van der Waals surface area contributed by atoms with Crippen LogP contribution < -0.4 is 9.47 Å². The fourth-order valence-corrected chi connectivity index (χ4v) is 4.43. The van der Waals surface area contributed by atoms with Gasteiger partial charge in [0.25, 0.3) is 0 Å². The van der Waals surface area contributed by atoms with E-state index >= 15 is 0 Å². The first-order chi connectivity index (χ1) is 15.5. The minimum atomic E-state index is 0.247. The number of aromatic nitrogens is 4. The second-order valence-electron chi connectivity index (χ2n) is 7.22. The van der Waals surface area contributed by atoms with E-state index < -0.39 is 0 Å². The van der Waals surface area contributed by atoms with Gasteiger partial charge in [0, 0.05) is 16.3 Å². The number of halogens is 1. The van der Waals surface area contributed by atoms with Gasteiger partial charge in [-0.3, -0.25) is 4.57 Å². The molecule has 0 N–H and O–H groups in total. The lowest BCUT2D eigenvalue weighted by molar-refractivity contribution is 0.292. The average molecular weight is 471 g/mol. The summed E-state index contributed by atoms with van der Waals surface area (Å²) < 4.78 is 18.4. The quantitative estimate of drug-likeness (QED) is 0.305. The summed E-state index contributed by atoms with van der Waals surface area (Å²) in [6, 6.07) is 13.3. The molecule has 0 atom stereocenters. The molecule has 0 aliphatic carbocycles. The highest BCUT2D eigenvalue weighted by Gasteiger charge is 2.18. The molecule has 0 fully saturated rings. The van der Waals surface area contributed by atoms with E-state index in [4.69, 9.17) is 25.6 Å². The van der Waals surface area contributed by atoms with Gasteiger partial charge in [-0.15, -0.1) is 10.2 Å². The molecule has 2 aromatic carbocycles. The van der Waals surface area contributed by atoms with Crippen LogP contribution in [0.5, 0.6) is 11.5 Å². The Morgan fingerprint density at radius 2 is 1.78 bits per heavy atom. The number of hydrogen-bond acceptors (Lipinski definition) is 7. The van der Waals surface area contributed by atoms with Crippen molar-refractivity contribution in [3.8, 4) is 17.2 Å². The molecule has 0 saturated carbocycles. The van der Waals surface area contributed by atoms with Crippen LogP contribution >= 0.6 is 23.4 Å². The van der Waals surface area contributed by atoms with E-state index in [1.54, 1.807) is 18.9 Å². The van der Waals surface area contributed by atoms with Crippen LogP contribution in [-0.4, -0.2) is 27.0 Å². The molecule has 0 saturated heterocycles. The monoisotopic (exact) mass is 470 g/mol. The molecule has 0 amide bonds. The Morgan fingerprint density at radius 3 is 2.44 bits per heavy atom. The second kappa shape index (κ2) is 9.67. The van der Waals surface area contributed by atoms with E-state index in [9.17, 15) is 0 Å². The second-order valence-corrected chi connectivity index (χ2v) is 8.57. The highest BCUT2D eigenvalue weighted by Crippen LogP contribution is 2.30. The van der Waals surface area contributed by atoms with Gasteiger partial charge in [0.2, 0.25) is 0 Å². The zero-order valence-electron chi connectivity index (χ0n) is 18.3. The molecular formula is C23H23ClN4O3S. The molecule has 2 aromatic heterocycles. The van der Waals surface area contributed by atoms with Gasteiger partial charge in [-0.2, -0.15) is 0 Å². The summed E-state index contributed by atoms with van der Waals surface area (Å²) in [6.45, 7) is 6.06. The molecule has 0 bridgehead atoms. The van der Waals surface area contributed by atoms with E-state index in [1.807, 2.05) is 67.8 Å². The molecule has 0 spiro atoms. The highest BCUT2D eigenvalue weighted by atomic mass is 35.5. The summed E-state index contributed by atoms with van der Waals surface area (Å²) in [7, 11) is 1.63. The molecule has 4 aromatic rings. The molecule has 0 aliphatic rings. The SMILES string of the molecule is COc1ccc(OCc2nnc(SCc3c(C)noc3C)n2-c2ccc(C)c(Cl)c2)cc1. The summed E-state index contributed by atoms with van der Waals surface area (Å²) in [5.74, 6) is 3.63. The summed E-state index contributed by atoms with van der Waals surface area (Å²) in [6.07, 6.45) is 0. The molecule has 9 heteroatoms. The van der Waals surface area contributed by atoms with Crippen molar-refractivity contribution in [2.45, 2.75) is 38.3 Å². The zero-order valence-corrected chi connectivity index (χ0v) is 19.8. The third kappa shape index (κ3) is 4.76. The largest absolute Gasteiger partial charge is 0.497 e. The van der Waals surface area contributed by atoms with Gasteiger partial charge in [0.1, 0.15) is 23.9 Å². The highest BCUT2D eigenvalue weighted by molar-refractivity contribution is 7.98. The molecule has 32 heavy (non-hydrogen) atoms. The van der Waals surface area contributed by atoms with Crippen molar-refractivity contribution in [1.82, 2.24) is 19.9 Å². The molecular weight excluding hydrogens is 448 g/mol. The minimum absolute atomic E-state index is 0.247. The van der Waals surface area contributed by atoms with Crippen LogP contribution in [0.1, 0.15) is 28.4 Å². The van der Waals surface area contributed by atoms with E-state index in [2.05, 4.69) is 15.4 Å². The Bertz CT molecular complexity index is 1200. The summed E-state index contributed by atoms with van der Waals surface area (Å²) in [4.78, 5) is 0. The summed E-state index contributed by atoms with van der Waals surface area (Å²) >= 11 is 7.97. The molecule has 0 aliphatic heterocycles. The van der Waals surface area contributed by atoms with Gasteiger partial charge < -0.3 is 14.0 Å². The maximum atomic E-state index is 6.41. The van der Waals surface area contributed by atoms with Gasteiger partial charge in [-0.1, -0.05) is 34.6 Å². The van der Waals surface area contributed by atoms with Crippen molar-refractivity contribution in [1.29, 1.82) is 0 Å². The summed E-state index contributed by atoms with van der Waals surface area (Å²) in [5, 5.41) is 14.3. The Hall–Kier alpha value is -2.97. The van der Waals surface area contributed by atoms with Crippen molar-refractivity contribution in [3.63, 3.8) is 0 Å². The smallest absolute Gasteiger partial charge is 0.196 e. The van der Waals surface area contributed by atoms with Crippen LogP contribution in [0.2, 0.25) is 5.02 Å². The topological polar surface area (TPSA) is 75.2 Å². The van der Waals surface area contributed by atoms with Crippen molar-refractivity contribution < 1.29 is 14.0 Å². The molecule has 166 valence electrons. The van der Waals surface area contributed by atoms with Crippen molar-refractivity contribution in [2.24, 2.45) is 0 Å².